The maximum absolute atomic E-state index is 11.5. The Morgan fingerprint density at radius 3 is 1.55 bits per heavy atom. The van der Waals surface area contributed by atoms with Crippen molar-refractivity contribution in [3.63, 3.8) is 0 Å². The number of ketones is 1. The Hall–Kier alpha value is -0.660. The summed E-state index contributed by atoms with van der Waals surface area (Å²) in [5.41, 5.74) is -1.26. The van der Waals surface area contributed by atoms with Gasteiger partial charge in [-0.3, -0.25) is 4.79 Å². The van der Waals surface area contributed by atoms with Crippen LogP contribution in [0.4, 0.5) is 0 Å². The van der Waals surface area contributed by atoms with Gasteiger partial charge in [0.2, 0.25) is 0 Å². The predicted molar refractivity (Wildman–Crippen MR) is 44.3 cm³/mol. The first-order valence-electron chi connectivity index (χ1n) is 3.73. The van der Waals surface area contributed by atoms with Crippen LogP contribution in [-0.2, 0) is 9.59 Å². The molecule has 0 aliphatic rings. The van der Waals surface area contributed by atoms with Crippen molar-refractivity contribution in [2.24, 2.45) is 10.8 Å². The van der Waals surface area contributed by atoms with Gasteiger partial charge in [0.15, 0.2) is 5.78 Å². The minimum Gasteiger partial charge on any atom is -0.302 e. The largest absolute Gasteiger partial charge is 0.302 e. The van der Waals surface area contributed by atoms with Crippen molar-refractivity contribution in [3.05, 3.63) is 0 Å². The average molecular weight is 156 g/mol. The van der Waals surface area contributed by atoms with E-state index in [-0.39, 0.29) is 5.78 Å². The Bertz CT molecular complexity index is 172. The third-order valence-corrected chi connectivity index (χ3v) is 1.56. The fourth-order valence-corrected chi connectivity index (χ4v) is 1.02. The molecule has 11 heavy (non-hydrogen) atoms. The average Bonchev–Trinajstić information content (AvgIpc) is 1.84. The molecule has 0 saturated carbocycles. The van der Waals surface area contributed by atoms with Gasteiger partial charge in [0, 0.05) is 5.41 Å². The minimum atomic E-state index is -0.835. The number of hydrogen-bond donors (Lipinski definition) is 0. The molecular weight excluding hydrogens is 140 g/mol. The third-order valence-electron chi connectivity index (χ3n) is 1.56. The molecule has 0 bridgehead atoms. The first kappa shape index (κ1) is 10.3. The highest BCUT2D eigenvalue weighted by molar-refractivity contribution is 6.00. The predicted octanol–water partition coefficient (Wildman–Crippen LogP) is 1.83. The zero-order valence-corrected chi connectivity index (χ0v) is 7.89. The zero-order valence-electron chi connectivity index (χ0n) is 7.89. The van der Waals surface area contributed by atoms with Crippen LogP contribution in [0.1, 0.15) is 34.6 Å². The van der Waals surface area contributed by atoms with Gasteiger partial charge in [-0.05, 0) is 13.8 Å². The van der Waals surface area contributed by atoms with E-state index in [1.807, 2.05) is 20.8 Å². The fraction of sp³-hybridized carbons (Fsp3) is 0.778. The van der Waals surface area contributed by atoms with Gasteiger partial charge in [-0.1, -0.05) is 20.8 Å². The summed E-state index contributed by atoms with van der Waals surface area (Å²) in [6, 6.07) is 0. The highest BCUT2D eigenvalue weighted by Gasteiger charge is 2.35. The molecule has 0 aromatic rings. The summed E-state index contributed by atoms with van der Waals surface area (Å²) in [4.78, 5) is 22.0. The smallest absolute Gasteiger partial charge is 0.150 e. The molecule has 0 spiro atoms. The van der Waals surface area contributed by atoms with Crippen LogP contribution in [0, 0.1) is 10.8 Å². The molecular formula is C9H16O2. The molecule has 0 rings (SSSR count). The maximum Gasteiger partial charge on any atom is 0.150 e. The van der Waals surface area contributed by atoms with Crippen LogP contribution in [0.2, 0.25) is 0 Å². The molecule has 0 aliphatic heterocycles. The van der Waals surface area contributed by atoms with E-state index < -0.39 is 10.8 Å². The van der Waals surface area contributed by atoms with Crippen molar-refractivity contribution in [1.82, 2.24) is 0 Å². The van der Waals surface area contributed by atoms with E-state index in [0.717, 1.165) is 0 Å². The first-order chi connectivity index (χ1) is 4.72. The Kier molecular flexibility index (Phi) is 2.60. The van der Waals surface area contributed by atoms with Crippen molar-refractivity contribution >= 4 is 12.1 Å². The molecule has 64 valence electrons. The van der Waals surface area contributed by atoms with Crippen molar-refractivity contribution in [2.45, 2.75) is 34.6 Å². The number of hydrogen-bond acceptors (Lipinski definition) is 2. The maximum atomic E-state index is 11.5. The van der Waals surface area contributed by atoms with Crippen molar-refractivity contribution in [1.29, 1.82) is 0 Å². The van der Waals surface area contributed by atoms with Crippen LogP contribution >= 0.6 is 0 Å². The van der Waals surface area contributed by atoms with Gasteiger partial charge in [-0.25, -0.2) is 0 Å². The lowest BCUT2D eigenvalue weighted by Gasteiger charge is -2.25. The molecule has 2 heteroatoms. The summed E-state index contributed by atoms with van der Waals surface area (Å²) in [6.45, 7) is 8.75. The van der Waals surface area contributed by atoms with E-state index in [1.165, 1.54) is 0 Å². The molecule has 0 aromatic carbocycles. The normalized spacial score (nSPS) is 12.8. The van der Waals surface area contributed by atoms with Gasteiger partial charge in [0.05, 0.1) is 5.41 Å². The van der Waals surface area contributed by atoms with E-state index in [4.69, 9.17) is 0 Å². The Labute approximate surface area is 68.0 Å². The van der Waals surface area contributed by atoms with Crippen LogP contribution < -0.4 is 0 Å². The summed E-state index contributed by atoms with van der Waals surface area (Å²) in [5, 5.41) is 0. The van der Waals surface area contributed by atoms with Gasteiger partial charge in [0.1, 0.15) is 6.29 Å². The molecule has 0 unspecified atom stereocenters. The topological polar surface area (TPSA) is 34.1 Å². The van der Waals surface area contributed by atoms with E-state index >= 15 is 0 Å². The summed E-state index contributed by atoms with van der Waals surface area (Å²) in [5.74, 6) is -0.0139. The number of aldehydes is 1. The van der Waals surface area contributed by atoms with E-state index in [0.29, 0.717) is 6.29 Å². The molecule has 0 radical (unpaired) electrons. The second-order valence-corrected chi connectivity index (χ2v) is 4.42. The lowest BCUT2D eigenvalue weighted by Crippen LogP contribution is -2.35. The molecule has 0 aliphatic carbocycles. The second kappa shape index (κ2) is 2.76. The molecule has 0 heterocycles. The van der Waals surface area contributed by atoms with Gasteiger partial charge in [0.25, 0.3) is 0 Å². The standard InChI is InChI=1S/C9H16O2/c1-8(2,3)7(11)9(4,5)6-10/h6H,1-5H3. The number of carbonyl (C=O) groups excluding carboxylic acids is 2. The van der Waals surface area contributed by atoms with Crippen LogP contribution in [0.3, 0.4) is 0 Å². The Morgan fingerprint density at radius 1 is 1.09 bits per heavy atom. The van der Waals surface area contributed by atoms with Crippen LogP contribution in [-0.4, -0.2) is 12.1 Å². The Balaban J connectivity index is 4.63. The monoisotopic (exact) mass is 156 g/mol. The number of Topliss-reactive ketones (excluding diaryl/α,β-unsaturated/α-hetero) is 1. The minimum absolute atomic E-state index is 0.0139. The molecule has 0 atom stereocenters. The van der Waals surface area contributed by atoms with E-state index in [2.05, 4.69) is 0 Å². The van der Waals surface area contributed by atoms with E-state index in [1.54, 1.807) is 13.8 Å². The summed E-state index contributed by atoms with van der Waals surface area (Å²) < 4.78 is 0. The number of carbonyl (C=O) groups is 2. The summed E-state index contributed by atoms with van der Waals surface area (Å²) in [7, 11) is 0. The van der Waals surface area contributed by atoms with Gasteiger partial charge < -0.3 is 4.79 Å². The molecule has 0 N–H and O–H groups in total. The van der Waals surface area contributed by atoms with Gasteiger partial charge >= 0.3 is 0 Å². The molecule has 0 amide bonds. The second-order valence-electron chi connectivity index (χ2n) is 4.42. The van der Waals surface area contributed by atoms with Gasteiger partial charge in [-0.2, -0.15) is 0 Å². The summed E-state index contributed by atoms with van der Waals surface area (Å²) >= 11 is 0. The lowest BCUT2D eigenvalue weighted by atomic mass is 9.76. The van der Waals surface area contributed by atoms with Crippen molar-refractivity contribution < 1.29 is 9.59 Å². The zero-order chi connectivity index (χ0) is 9.28. The molecule has 0 saturated heterocycles. The highest BCUT2D eigenvalue weighted by atomic mass is 16.1. The van der Waals surface area contributed by atoms with Gasteiger partial charge in [-0.15, -0.1) is 0 Å². The summed E-state index contributed by atoms with van der Waals surface area (Å²) in [6.07, 6.45) is 0.709. The van der Waals surface area contributed by atoms with Crippen molar-refractivity contribution in [3.8, 4) is 0 Å². The molecule has 0 fully saturated rings. The highest BCUT2D eigenvalue weighted by Crippen LogP contribution is 2.26. The fourth-order valence-electron chi connectivity index (χ4n) is 1.02. The SMILES string of the molecule is CC(C)(C)C(=O)C(C)(C)C=O. The third kappa shape index (κ3) is 2.45. The molecule has 0 aromatic heterocycles. The van der Waals surface area contributed by atoms with E-state index in [9.17, 15) is 9.59 Å². The van der Waals surface area contributed by atoms with Crippen molar-refractivity contribution in [2.75, 3.05) is 0 Å². The van der Waals surface area contributed by atoms with Crippen LogP contribution in [0.5, 0.6) is 0 Å². The Morgan fingerprint density at radius 2 is 1.45 bits per heavy atom. The lowest BCUT2D eigenvalue weighted by molar-refractivity contribution is -0.138. The van der Waals surface area contributed by atoms with Crippen LogP contribution in [0.15, 0.2) is 0 Å². The molecule has 2 nitrogen and oxygen atoms in total. The first-order valence-corrected chi connectivity index (χ1v) is 3.73. The quantitative estimate of drug-likeness (QED) is 0.451. The van der Waals surface area contributed by atoms with Crippen LogP contribution in [0.25, 0.3) is 0 Å². The number of rotatable bonds is 2.